The Hall–Kier alpha value is -3.91. The first-order valence-electron chi connectivity index (χ1n) is 16.0. The number of nitrogens with zero attached hydrogens (tertiary/aromatic N) is 4. The number of fused-ring (bicyclic) bond motifs is 7. The van der Waals surface area contributed by atoms with Crippen molar-refractivity contribution in [2.45, 2.75) is 61.9 Å². The molecular formula is C35H32ClF2N5O3. The largest absolute Gasteiger partial charge is 0.508 e. The van der Waals surface area contributed by atoms with Crippen LogP contribution in [0.4, 0.5) is 14.6 Å². The lowest BCUT2D eigenvalue weighted by molar-refractivity contribution is 0.107. The number of terminal acetylenes is 1. The molecule has 0 radical (unpaired) electrons. The van der Waals surface area contributed by atoms with Crippen molar-refractivity contribution >= 4 is 39.1 Å². The monoisotopic (exact) mass is 643 g/mol. The fourth-order valence-corrected chi connectivity index (χ4v) is 9.10. The van der Waals surface area contributed by atoms with Gasteiger partial charge in [0.1, 0.15) is 36.5 Å². The van der Waals surface area contributed by atoms with Crippen LogP contribution in [-0.4, -0.2) is 82.7 Å². The number of rotatable bonds is 4. The number of ether oxygens (including phenoxy) is 2. The van der Waals surface area contributed by atoms with Crippen molar-refractivity contribution in [3.63, 3.8) is 0 Å². The number of aromatic nitrogens is 2. The molecular weight excluding hydrogens is 612 g/mol. The molecule has 6 heterocycles. The number of piperazine rings is 1. The molecule has 236 valence electrons. The van der Waals surface area contributed by atoms with E-state index in [4.69, 9.17) is 32.5 Å². The number of benzene rings is 3. The Balaban J connectivity index is 1.27. The van der Waals surface area contributed by atoms with Crippen molar-refractivity contribution < 1.29 is 23.4 Å². The zero-order valence-corrected chi connectivity index (χ0v) is 25.8. The Morgan fingerprint density at radius 2 is 2.11 bits per heavy atom. The zero-order chi connectivity index (χ0) is 31.3. The molecule has 4 saturated heterocycles. The van der Waals surface area contributed by atoms with Gasteiger partial charge in [0.25, 0.3) is 0 Å². The molecule has 5 aliphatic rings. The summed E-state index contributed by atoms with van der Waals surface area (Å²) in [6.07, 6.45) is 9.18. The van der Waals surface area contributed by atoms with Crippen LogP contribution in [0.2, 0.25) is 5.02 Å². The van der Waals surface area contributed by atoms with Crippen molar-refractivity contribution in [3.05, 3.63) is 46.7 Å². The Kier molecular flexibility index (Phi) is 6.34. The summed E-state index contributed by atoms with van der Waals surface area (Å²) in [5, 5.41) is 16.1. The van der Waals surface area contributed by atoms with Gasteiger partial charge in [0, 0.05) is 48.1 Å². The Morgan fingerprint density at radius 3 is 2.98 bits per heavy atom. The van der Waals surface area contributed by atoms with Crippen molar-refractivity contribution in [3.8, 4) is 41.0 Å². The lowest BCUT2D eigenvalue weighted by atomic mass is 9.93. The summed E-state index contributed by atoms with van der Waals surface area (Å²) >= 11 is 7.13. The van der Waals surface area contributed by atoms with Crippen molar-refractivity contribution in [2.24, 2.45) is 0 Å². The highest BCUT2D eigenvalue weighted by molar-refractivity contribution is 6.37. The number of hydrogen-bond acceptors (Lipinski definition) is 8. The third kappa shape index (κ3) is 4.11. The van der Waals surface area contributed by atoms with Crippen LogP contribution in [0.3, 0.4) is 0 Å². The second-order valence-corrected chi connectivity index (χ2v) is 13.7. The van der Waals surface area contributed by atoms with Gasteiger partial charge in [-0.3, -0.25) is 4.90 Å². The standard InChI is InChI=1S/C35H32ClF2N5O3/c1-2-18-5-3-6-19-11-22(44)12-23(26(18)19)27-29(36)32-28-31(30(27)38)40-34(46-17-35-9-4-10-42(35)14-20(37)13-35)41-33(28)43-15-21-7-8-24(39-21)25(43)16-45-32/h1,3,5-6,11-12,20-21,24-25,39,44H,4,7-10,13-17H2/t20-,21+,24-,25-,35+/m1/s1. The van der Waals surface area contributed by atoms with E-state index >= 15 is 4.39 Å². The minimum atomic E-state index is -0.907. The fourth-order valence-electron chi connectivity index (χ4n) is 8.76. The first kappa shape index (κ1) is 28.3. The van der Waals surface area contributed by atoms with E-state index in [0.717, 1.165) is 32.2 Å². The van der Waals surface area contributed by atoms with Gasteiger partial charge in [-0.2, -0.15) is 9.97 Å². The van der Waals surface area contributed by atoms with Gasteiger partial charge in [0.05, 0.1) is 22.0 Å². The Labute approximate surface area is 269 Å². The SMILES string of the molecule is C#Cc1cccc2cc(O)cc(-c3c(Cl)c4c5c(nc(OC[C@@]67CCCN6C[C@H](F)C7)nc5c3F)N3C[C@@H]5CC[C@@H](N5)[C@H]3CO4)c12. The molecule has 46 heavy (non-hydrogen) atoms. The van der Waals surface area contributed by atoms with Crippen LogP contribution in [0, 0.1) is 18.2 Å². The van der Waals surface area contributed by atoms with Gasteiger partial charge in [0.15, 0.2) is 11.6 Å². The van der Waals surface area contributed by atoms with Gasteiger partial charge in [0.2, 0.25) is 0 Å². The summed E-state index contributed by atoms with van der Waals surface area (Å²) in [6, 6.07) is 8.81. The summed E-state index contributed by atoms with van der Waals surface area (Å²) in [5.74, 6) is 2.74. The van der Waals surface area contributed by atoms with Crippen molar-refractivity contribution in [1.29, 1.82) is 0 Å². The van der Waals surface area contributed by atoms with E-state index < -0.39 is 17.5 Å². The Morgan fingerprint density at radius 1 is 1.22 bits per heavy atom. The number of anilines is 1. The molecule has 4 aromatic rings. The van der Waals surface area contributed by atoms with Gasteiger partial charge >= 0.3 is 6.01 Å². The quantitative estimate of drug-likeness (QED) is 0.279. The molecule has 5 aliphatic heterocycles. The third-order valence-corrected chi connectivity index (χ3v) is 11.1. The van der Waals surface area contributed by atoms with E-state index in [-0.39, 0.29) is 58.3 Å². The predicted molar refractivity (Wildman–Crippen MR) is 172 cm³/mol. The van der Waals surface area contributed by atoms with E-state index in [9.17, 15) is 9.50 Å². The predicted octanol–water partition coefficient (Wildman–Crippen LogP) is 5.59. The normalized spacial score (nSPS) is 28.2. The van der Waals surface area contributed by atoms with Gasteiger partial charge in [-0.15, -0.1) is 6.42 Å². The fraction of sp³-hybridized carbons (Fsp3) is 0.429. The molecule has 4 fully saturated rings. The molecule has 8 nitrogen and oxygen atoms in total. The number of hydrogen-bond donors (Lipinski definition) is 2. The van der Waals surface area contributed by atoms with Crippen molar-refractivity contribution in [2.75, 3.05) is 37.7 Å². The molecule has 0 saturated carbocycles. The van der Waals surface area contributed by atoms with Crippen LogP contribution >= 0.6 is 11.6 Å². The van der Waals surface area contributed by atoms with Crippen LogP contribution in [0.15, 0.2) is 30.3 Å². The third-order valence-electron chi connectivity index (χ3n) is 10.8. The summed E-state index contributed by atoms with van der Waals surface area (Å²) in [6.45, 7) is 2.41. The van der Waals surface area contributed by atoms with Gasteiger partial charge in [-0.1, -0.05) is 29.7 Å². The molecule has 0 unspecified atom stereocenters. The number of halogens is 3. The van der Waals surface area contributed by atoms with Crippen molar-refractivity contribution in [1.82, 2.24) is 20.2 Å². The molecule has 9 rings (SSSR count). The minimum absolute atomic E-state index is 0.00572. The molecule has 1 aromatic heterocycles. The average Bonchev–Trinajstić information content (AvgIpc) is 3.67. The summed E-state index contributed by atoms with van der Waals surface area (Å²) in [5.41, 5.74) is 0.473. The molecule has 2 N–H and O–H groups in total. The van der Waals surface area contributed by atoms with Crippen LogP contribution in [0.5, 0.6) is 17.5 Å². The minimum Gasteiger partial charge on any atom is -0.508 e. The van der Waals surface area contributed by atoms with Gasteiger partial charge < -0.3 is 24.8 Å². The van der Waals surface area contributed by atoms with Crippen LogP contribution < -0.4 is 19.7 Å². The topological polar surface area (TPSA) is 83.0 Å². The maximum Gasteiger partial charge on any atom is 0.319 e. The number of phenols is 1. The smallest absolute Gasteiger partial charge is 0.319 e. The second kappa shape index (κ2) is 10.3. The lowest BCUT2D eigenvalue weighted by Crippen LogP contribution is -2.60. The molecule has 0 aliphatic carbocycles. The van der Waals surface area contributed by atoms with Gasteiger partial charge in [-0.25, -0.2) is 8.78 Å². The highest BCUT2D eigenvalue weighted by Gasteiger charge is 2.50. The second-order valence-electron chi connectivity index (χ2n) is 13.4. The highest BCUT2D eigenvalue weighted by Crippen LogP contribution is 2.51. The van der Waals surface area contributed by atoms with Crippen LogP contribution in [-0.2, 0) is 0 Å². The average molecular weight is 644 g/mol. The molecule has 11 heteroatoms. The number of alkyl halides is 1. The lowest BCUT2D eigenvalue weighted by Gasteiger charge is -2.40. The number of nitrogens with one attached hydrogen (secondary N) is 1. The Bertz CT molecular complexity index is 1990. The maximum atomic E-state index is 17.2. The molecule has 0 spiro atoms. The summed E-state index contributed by atoms with van der Waals surface area (Å²) in [7, 11) is 0. The number of aromatic hydroxyl groups is 1. The molecule has 5 atom stereocenters. The van der Waals surface area contributed by atoms with E-state index in [1.54, 1.807) is 24.3 Å². The van der Waals surface area contributed by atoms with E-state index in [1.807, 2.05) is 0 Å². The number of phenolic OH excluding ortho intramolecular Hbond substituents is 1. The molecule has 0 amide bonds. The van der Waals surface area contributed by atoms with E-state index in [0.29, 0.717) is 59.2 Å². The van der Waals surface area contributed by atoms with Gasteiger partial charge in [-0.05, 0) is 61.4 Å². The first-order chi connectivity index (χ1) is 22.3. The zero-order valence-electron chi connectivity index (χ0n) is 25.0. The maximum absolute atomic E-state index is 17.2. The summed E-state index contributed by atoms with van der Waals surface area (Å²) < 4.78 is 44.6. The molecule has 3 aromatic carbocycles. The molecule has 2 bridgehead atoms. The van der Waals surface area contributed by atoms with Crippen LogP contribution in [0.1, 0.15) is 37.7 Å². The van der Waals surface area contributed by atoms with E-state index in [2.05, 4.69) is 26.0 Å². The summed E-state index contributed by atoms with van der Waals surface area (Å²) in [4.78, 5) is 13.9. The first-order valence-corrected chi connectivity index (χ1v) is 16.3. The highest BCUT2D eigenvalue weighted by atomic mass is 35.5. The van der Waals surface area contributed by atoms with Crippen LogP contribution in [0.25, 0.3) is 32.8 Å². The van der Waals surface area contributed by atoms with E-state index in [1.165, 1.54) is 6.07 Å².